The number of hydrogen-bond donors (Lipinski definition) is 0. The number of amides is 1. The Balaban J connectivity index is 2.15. The summed E-state index contributed by atoms with van der Waals surface area (Å²) in [6, 6.07) is 8.26. The van der Waals surface area contributed by atoms with Gasteiger partial charge >= 0.3 is 0 Å². The Bertz CT molecular complexity index is 539. The average molecular weight is 272 g/mol. The Kier molecular flexibility index (Phi) is 4.36. The fourth-order valence-electron chi connectivity index (χ4n) is 2.27. The molecule has 1 atom stereocenters. The summed E-state index contributed by atoms with van der Waals surface area (Å²) in [4.78, 5) is 26.0. The molecule has 1 amide bonds. The van der Waals surface area contributed by atoms with Gasteiger partial charge in [-0.15, -0.1) is 0 Å². The fraction of sp³-hybridized carbons (Fsp3) is 0.400. The Morgan fingerprint density at radius 2 is 1.85 bits per heavy atom. The van der Waals surface area contributed by atoms with Crippen molar-refractivity contribution in [1.29, 1.82) is 5.26 Å². The highest BCUT2D eigenvalue weighted by Crippen LogP contribution is 2.18. The minimum absolute atomic E-state index is 0.352. The number of rotatable bonds is 4. The van der Waals surface area contributed by atoms with Gasteiger partial charge in [-0.2, -0.15) is 5.26 Å². The number of likely N-dealkylation sites (tertiary alicyclic amines) is 1. The molecule has 1 aliphatic heterocycles. The van der Waals surface area contributed by atoms with Crippen LogP contribution in [0, 0.1) is 17.2 Å². The van der Waals surface area contributed by atoms with Crippen molar-refractivity contribution in [3.8, 4) is 11.8 Å². The molecule has 104 valence electrons. The molecule has 1 heterocycles. The monoisotopic (exact) mass is 272 g/mol. The van der Waals surface area contributed by atoms with Crippen molar-refractivity contribution in [2.24, 2.45) is 5.92 Å². The molecule has 0 radical (unpaired) electrons. The first-order valence-corrected chi connectivity index (χ1v) is 6.54. The lowest BCUT2D eigenvalue weighted by Crippen LogP contribution is -2.37. The van der Waals surface area contributed by atoms with Crippen molar-refractivity contribution in [2.75, 3.05) is 20.2 Å². The van der Waals surface area contributed by atoms with E-state index in [1.54, 1.807) is 29.2 Å². The third-order valence-electron chi connectivity index (χ3n) is 3.43. The first-order valence-electron chi connectivity index (χ1n) is 6.54. The van der Waals surface area contributed by atoms with E-state index in [0.717, 1.165) is 12.8 Å². The van der Waals surface area contributed by atoms with E-state index in [4.69, 9.17) is 10.00 Å². The van der Waals surface area contributed by atoms with Crippen molar-refractivity contribution in [3.05, 3.63) is 29.8 Å². The highest BCUT2D eigenvalue weighted by molar-refractivity contribution is 6.12. The molecule has 20 heavy (non-hydrogen) atoms. The summed E-state index contributed by atoms with van der Waals surface area (Å²) in [5.74, 6) is -1.46. The molecule has 0 unspecified atom stereocenters. The van der Waals surface area contributed by atoms with Gasteiger partial charge in [0.25, 0.3) is 0 Å². The highest BCUT2D eigenvalue weighted by Gasteiger charge is 2.32. The molecule has 5 heteroatoms. The van der Waals surface area contributed by atoms with E-state index in [-0.39, 0.29) is 5.91 Å². The van der Waals surface area contributed by atoms with E-state index in [2.05, 4.69) is 0 Å². The van der Waals surface area contributed by atoms with Crippen LogP contribution in [-0.2, 0) is 4.79 Å². The van der Waals surface area contributed by atoms with Gasteiger partial charge < -0.3 is 9.64 Å². The quantitative estimate of drug-likeness (QED) is 0.617. The van der Waals surface area contributed by atoms with E-state index in [1.165, 1.54) is 7.11 Å². The molecule has 0 spiro atoms. The van der Waals surface area contributed by atoms with Gasteiger partial charge in [-0.05, 0) is 37.1 Å². The first-order chi connectivity index (χ1) is 9.67. The minimum atomic E-state index is -1.25. The van der Waals surface area contributed by atoms with Gasteiger partial charge in [0.15, 0.2) is 11.7 Å². The number of benzene rings is 1. The van der Waals surface area contributed by atoms with Crippen LogP contribution in [-0.4, -0.2) is 36.8 Å². The first kappa shape index (κ1) is 14.1. The topological polar surface area (TPSA) is 70.4 Å². The molecule has 1 saturated heterocycles. The van der Waals surface area contributed by atoms with Crippen molar-refractivity contribution in [1.82, 2.24) is 4.90 Å². The third-order valence-corrected chi connectivity index (χ3v) is 3.43. The summed E-state index contributed by atoms with van der Waals surface area (Å²) in [5, 5.41) is 9.15. The van der Waals surface area contributed by atoms with Crippen molar-refractivity contribution < 1.29 is 14.3 Å². The predicted molar refractivity (Wildman–Crippen MR) is 72.2 cm³/mol. The zero-order chi connectivity index (χ0) is 14.5. The molecule has 5 nitrogen and oxygen atoms in total. The molecule has 1 aliphatic rings. The number of nitriles is 1. The molecule has 0 saturated carbocycles. The lowest BCUT2D eigenvalue weighted by Gasteiger charge is -2.18. The smallest absolute Gasteiger partial charge is 0.247 e. The maximum Gasteiger partial charge on any atom is 0.247 e. The lowest BCUT2D eigenvalue weighted by atomic mass is 9.97. The summed E-state index contributed by atoms with van der Waals surface area (Å²) in [5.41, 5.74) is 0.352. The number of hydrogen-bond acceptors (Lipinski definition) is 4. The Labute approximate surface area is 117 Å². The summed E-state index contributed by atoms with van der Waals surface area (Å²) < 4.78 is 5.01. The van der Waals surface area contributed by atoms with Crippen LogP contribution in [0.25, 0.3) is 0 Å². The van der Waals surface area contributed by atoms with Gasteiger partial charge in [0.2, 0.25) is 5.91 Å². The normalized spacial score (nSPS) is 15.5. The molecule has 0 aromatic heterocycles. The van der Waals surface area contributed by atoms with E-state index in [9.17, 15) is 9.59 Å². The van der Waals surface area contributed by atoms with Crippen LogP contribution in [0.5, 0.6) is 5.75 Å². The molecular formula is C15H16N2O3. The van der Waals surface area contributed by atoms with Crippen LogP contribution in [0.1, 0.15) is 23.2 Å². The maximum absolute atomic E-state index is 12.3. The SMILES string of the molecule is COc1ccc(C(=O)[C@@H](C#N)C(=O)N2CCCC2)cc1. The standard InChI is InChI=1S/C15H16N2O3/c1-20-12-6-4-11(5-7-12)14(18)13(10-16)15(19)17-8-2-3-9-17/h4-7,13H,2-3,8-9H2,1H3/t13-/m1/s1. The van der Waals surface area contributed by atoms with Gasteiger partial charge in [-0.25, -0.2) is 0 Å². The predicted octanol–water partition coefficient (Wildman–Crippen LogP) is 1.64. The summed E-state index contributed by atoms with van der Waals surface area (Å²) in [6.45, 7) is 1.26. The largest absolute Gasteiger partial charge is 0.497 e. The second kappa shape index (κ2) is 6.20. The second-order valence-corrected chi connectivity index (χ2v) is 4.69. The minimum Gasteiger partial charge on any atom is -0.497 e. The van der Waals surface area contributed by atoms with Crippen LogP contribution in [0.2, 0.25) is 0 Å². The number of nitrogens with zero attached hydrogens (tertiary/aromatic N) is 2. The van der Waals surface area contributed by atoms with Crippen molar-refractivity contribution >= 4 is 11.7 Å². The van der Waals surface area contributed by atoms with Crippen molar-refractivity contribution in [2.45, 2.75) is 12.8 Å². The number of ketones is 1. The average Bonchev–Trinajstić information content (AvgIpc) is 3.02. The van der Waals surface area contributed by atoms with Crippen LogP contribution >= 0.6 is 0 Å². The van der Waals surface area contributed by atoms with Crippen LogP contribution in [0.15, 0.2) is 24.3 Å². The van der Waals surface area contributed by atoms with Crippen LogP contribution in [0.3, 0.4) is 0 Å². The van der Waals surface area contributed by atoms with E-state index in [0.29, 0.717) is 24.4 Å². The van der Waals surface area contributed by atoms with E-state index < -0.39 is 11.7 Å². The van der Waals surface area contributed by atoms with Gasteiger partial charge in [0.1, 0.15) is 5.75 Å². The molecule has 2 rings (SSSR count). The molecule has 1 aromatic rings. The Morgan fingerprint density at radius 1 is 1.25 bits per heavy atom. The maximum atomic E-state index is 12.3. The zero-order valence-electron chi connectivity index (χ0n) is 11.3. The van der Waals surface area contributed by atoms with Gasteiger partial charge in [-0.3, -0.25) is 9.59 Å². The second-order valence-electron chi connectivity index (χ2n) is 4.69. The molecular weight excluding hydrogens is 256 g/mol. The van der Waals surface area contributed by atoms with Gasteiger partial charge in [-0.1, -0.05) is 0 Å². The summed E-state index contributed by atoms with van der Waals surface area (Å²) in [6.07, 6.45) is 1.86. The molecule has 1 aromatic carbocycles. The summed E-state index contributed by atoms with van der Waals surface area (Å²) >= 11 is 0. The highest BCUT2D eigenvalue weighted by atomic mass is 16.5. The Hall–Kier alpha value is -2.35. The van der Waals surface area contributed by atoms with E-state index in [1.807, 2.05) is 6.07 Å². The van der Waals surface area contributed by atoms with Crippen LogP contribution < -0.4 is 4.74 Å². The number of carbonyl (C=O) groups excluding carboxylic acids is 2. The summed E-state index contributed by atoms with van der Waals surface area (Å²) in [7, 11) is 1.53. The van der Waals surface area contributed by atoms with Gasteiger partial charge in [0, 0.05) is 18.7 Å². The number of Topliss-reactive ketones (excluding diaryl/α,β-unsaturated/α-hetero) is 1. The fourth-order valence-corrected chi connectivity index (χ4v) is 2.27. The van der Waals surface area contributed by atoms with E-state index >= 15 is 0 Å². The lowest BCUT2D eigenvalue weighted by molar-refractivity contribution is -0.131. The van der Waals surface area contributed by atoms with Crippen molar-refractivity contribution in [3.63, 3.8) is 0 Å². The number of methoxy groups -OCH3 is 1. The molecule has 1 fully saturated rings. The molecule has 0 N–H and O–H groups in total. The van der Waals surface area contributed by atoms with Crippen LogP contribution in [0.4, 0.5) is 0 Å². The third kappa shape index (κ3) is 2.80. The zero-order valence-corrected chi connectivity index (χ0v) is 11.3. The number of carbonyl (C=O) groups is 2. The molecule has 0 aliphatic carbocycles. The number of ether oxygens (including phenoxy) is 1. The van der Waals surface area contributed by atoms with Gasteiger partial charge in [0.05, 0.1) is 13.2 Å². The Morgan fingerprint density at radius 3 is 2.35 bits per heavy atom. The molecule has 0 bridgehead atoms.